The van der Waals surface area contributed by atoms with Crippen LogP contribution in [0.5, 0.6) is 11.5 Å². The van der Waals surface area contributed by atoms with Gasteiger partial charge in [0, 0.05) is 42.8 Å². The van der Waals surface area contributed by atoms with Crippen LogP contribution in [0.2, 0.25) is 10.0 Å². The standard InChI is InChI=1S/C28H30Cl2N4O5/c1-4-18(35)9-16-7-8-39-14-19(16)32-28-31-12-17-10-20(34(13-15-5-6-15)27(36)26(17)33-28)23-24(29)21(37-2)11-22(38-3)25(23)30/h4,10-12,15-16,19H,1,5-9,13-14H2,2-3H3,(H,31,32,33)/t16-,19-/m1/s1. The summed E-state index contributed by atoms with van der Waals surface area (Å²) in [5.74, 6) is 1.48. The van der Waals surface area contributed by atoms with E-state index in [1.165, 1.54) is 20.3 Å². The fraction of sp³-hybridized carbons (Fsp3) is 0.429. The largest absolute Gasteiger partial charge is 0.495 e. The SMILES string of the molecule is C=CC(=O)C[C@H]1CCOC[C@H]1Nc1ncc2cc(-c3c(Cl)c(OC)cc(OC)c3Cl)n(CC3CC3)c(=O)c2n1. The van der Waals surface area contributed by atoms with E-state index in [2.05, 4.69) is 21.9 Å². The van der Waals surface area contributed by atoms with Crippen molar-refractivity contribution in [2.24, 2.45) is 11.8 Å². The Morgan fingerprint density at radius 2 is 1.92 bits per heavy atom. The average molecular weight is 573 g/mol. The molecule has 1 aromatic carbocycles. The first-order valence-electron chi connectivity index (χ1n) is 12.8. The number of hydrogen-bond donors (Lipinski definition) is 1. The Morgan fingerprint density at radius 1 is 1.21 bits per heavy atom. The fourth-order valence-electron chi connectivity index (χ4n) is 4.95. The van der Waals surface area contributed by atoms with Gasteiger partial charge >= 0.3 is 0 Å². The number of nitrogens with zero attached hydrogens (tertiary/aromatic N) is 3. The van der Waals surface area contributed by atoms with Gasteiger partial charge in [-0.2, -0.15) is 0 Å². The number of ketones is 1. The van der Waals surface area contributed by atoms with Crippen LogP contribution in [0.25, 0.3) is 22.2 Å². The van der Waals surface area contributed by atoms with Gasteiger partial charge in [-0.15, -0.1) is 0 Å². The lowest BCUT2D eigenvalue weighted by Gasteiger charge is -2.31. The van der Waals surface area contributed by atoms with Crippen molar-refractivity contribution in [2.75, 3.05) is 32.8 Å². The van der Waals surface area contributed by atoms with Gasteiger partial charge in [-0.25, -0.2) is 9.97 Å². The summed E-state index contributed by atoms with van der Waals surface area (Å²) in [4.78, 5) is 35.0. The molecular formula is C28H30Cl2N4O5. The van der Waals surface area contributed by atoms with Crippen LogP contribution in [0, 0.1) is 11.8 Å². The lowest BCUT2D eigenvalue weighted by atomic mass is 9.90. The molecule has 206 valence electrons. The van der Waals surface area contributed by atoms with Crippen LogP contribution < -0.4 is 20.3 Å². The molecule has 2 fully saturated rings. The number of hydrogen-bond acceptors (Lipinski definition) is 8. The van der Waals surface area contributed by atoms with Gasteiger partial charge in [0.15, 0.2) is 5.78 Å². The molecule has 0 unspecified atom stereocenters. The predicted molar refractivity (Wildman–Crippen MR) is 151 cm³/mol. The molecule has 1 N–H and O–H groups in total. The Bertz CT molecular complexity index is 1460. The molecule has 11 heteroatoms. The zero-order valence-electron chi connectivity index (χ0n) is 21.8. The van der Waals surface area contributed by atoms with Crippen molar-refractivity contribution >= 4 is 45.8 Å². The van der Waals surface area contributed by atoms with E-state index in [4.69, 9.17) is 37.4 Å². The van der Waals surface area contributed by atoms with Crippen molar-refractivity contribution in [2.45, 2.75) is 38.3 Å². The van der Waals surface area contributed by atoms with Crippen LogP contribution in [0.1, 0.15) is 25.7 Å². The highest BCUT2D eigenvalue weighted by atomic mass is 35.5. The smallest absolute Gasteiger partial charge is 0.277 e. The number of rotatable bonds is 10. The van der Waals surface area contributed by atoms with Gasteiger partial charge in [-0.05, 0) is 43.2 Å². The number of anilines is 1. The molecule has 0 radical (unpaired) electrons. The summed E-state index contributed by atoms with van der Waals surface area (Å²) in [5, 5.41) is 4.39. The first-order valence-corrected chi connectivity index (χ1v) is 13.6. The van der Waals surface area contributed by atoms with Crippen molar-refractivity contribution in [1.82, 2.24) is 14.5 Å². The Hall–Kier alpha value is -3.14. The van der Waals surface area contributed by atoms with Gasteiger partial charge < -0.3 is 24.1 Å². The second-order valence-electron chi connectivity index (χ2n) is 9.92. The topological polar surface area (TPSA) is 105 Å². The van der Waals surface area contributed by atoms with Crippen LogP contribution in [0.4, 0.5) is 5.95 Å². The Morgan fingerprint density at radius 3 is 2.56 bits per heavy atom. The van der Waals surface area contributed by atoms with E-state index in [1.54, 1.807) is 16.8 Å². The van der Waals surface area contributed by atoms with Crippen LogP contribution in [-0.4, -0.2) is 53.8 Å². The minimum absolute atomic E-state index is 0.0184. The number of pyridine rings is 1. The molecule has 5 rings (SSSR count). The van der Waals surface area contributed by atoms with Gasteiger partial charge in [-0.1, -0.05) is 29.8 Å². The van der Waals surface area contributed by atoms with E-state index >= 15 is 0 Å². The molecule has 3 aromatic rings. The van der Waals surface area contributed by atoms with Crippen molar-refractivity contribution in [1.29, 1.82) is 0 Å². The third-order valence-corrected chi connectivity index (χ3v) is 8.07. The summed E-state index contributed by atoms with van der Waals surface area (Å²) < 4.78 is 18.2. The molecule has 2 aromatic heterocycles. The predicted octanol–water partition coefficient (Wildman–Crippen LogP) is 5.15. The first-order chi connectivity index (χ1) is 18.8. The molecule has 0 amide bonds. The Balaban J connectivity index is 1.59. The zero-order chi connectivity index (χ0) is 27.7. The lowest BCUT2D eigenvalue weighted by molar-refractivity contribution is -0.116. The minimum Gasteiger partial charge on any atom is -0.495 e. The minimum atomic E-state index is -0.271. The van der Waals surface area contributed by atoms with E-state index in [0.717, 1.165) is 19.3 Å². The second kappa shape index (κ2) is 11.5. The van der Waals surface area contributed by atoms with Crippen molar-refractivity contribution in [3.8, 4) is 22.8 Å². The van der Waals surface area contributed by atoms with Crippen LogP contribution in [0.3, 0.4) is 0 Å². The summed E-state index contributed by atoms with van der Waals surface area (Å²) in [6.07, 6.45) is 6.11. The Kier molecular flexibility index (Phi) is 8.11. The maximum Gasteiger partial charge on any atom is 0.277 e. The Labute approximate surface area is 236 Å². The van der Waals surface area contributed by atoms with E-state index < -0.39 is 0 Å². The van der Waals surface area contributed by atoms with Crippen molar-refractivity contribution < 1.29 is 19.0 Å². The molecule has 1 saturated heterocycles. The normalized spacial score (nSPS) is 19.1. The van der Waals surface area contributed by atoms with E-state index in [0.29, 0.717) is 66.2 Å². The van der Waals surface area contributed by atoms with Gasteiger partial charge in [0.1, 0.15) is 17.0 Å². The number of ether oxygens (including phenoxy) is 3. The lowest BCUT2D eigenvalue weighted by Crippen LogP contribution is -2.40. The van der Waals surface area contributed by atoms with Crippen LogP contribution >= 0.6 is 23.2 Å². The van der Waals surface area contributed by atoms with Crippen LogP contribution in [0.15, 0.2) is 35.8 Å². The number of halogens is 2. The summed E-state index contributed by atoms with van der Waals surface area (Å²) in [6.45, 7) is 5.08. The highest BCUT2D eigenvalue weighted by Gasteiger charge is 2.30. The maximum absolute atomic E-state index is 13.9. The molecule has 39 heavy (non-hydrogen) atoms. The number of carbonyl (C=O) groups excluding carboxylic acids is 1. The molecule has 3 heterocycles. The first kappa shape index (κ1) is 27.4. The van der Waals surface area contributed by atoms with Gasteiger partial charge in [0.05, 0.1) is 42.6 Å². The zero-order valence-corrected chi connectivity index (χ0v) is 23.3. The van der Waals surface area contributed by atoms with Crippen molar-refractivity contribution in [3.63, 3.8) is 0 Å². The third kappa shape index (κ3) is 5.62. The van der Waals surface area contributed by atoms with E-state index in [-0.39, 0.29) is 38.9 Å². The number of methoxy groups -OCH3 is 2. The highest BCUT2D eigenvalue weighted by Crippen LogP contribution is 2.46. The van der Waals surface area contributed by atoms with Crippen LogP contribution in [-0.2, 0) is 16.1 Å². The molecule has 2 atom stereocenters. The van der Waals surface area contributed by atoms with Gasteiger partial charge in [0.2, 0.25) is 5.95 Å². The number of nitrogens with one attached hydrogen (secondary N) is 1. The molecule has 9 nitrogen and oxygen atoms in total. The molecule has 1 aliphatic carbocycles. The molecular weight excluding hydrogens is 543 g/mol. The highest BCUT2D eigenvalue weighted by molar-refractivity contribution is 6.41. The molecule has 0 bridgehead atoms. The fourth-order valence-corrected chi connectivity index (χ4v) is 5.65. The van der Waals surface area contributed by atoms with Crippen molar-refractivity contribution in [3.05, 3.63) is 51.4 Å². The molecule has 2 aliphatic rings. The number of fused-ring (bicyclic) bond motifs is 1. The molecule has 1 aliphatic heterocycles. The van der Waals surface area contributed by atoms with Gasteiger partial charge in [-0.3, -0.25) is 9.59 Å². The number of benzene rings is 1. The van der Waals surface area contributed by atoms with E-state index in [1.807, 2.05) is 6.07 Å². The number of allylic oxidation sites excluding steroid dienone is 1. The summed E-state index contributed by atoms with van der Waals surface area (Å²) in [5.41, 5.74) is 0.992. The number of aromatic nitrogens is 3. The van der Waals surface area contributed by atoms with Gasteiger partial charge in [0.25, 0.3) is 5.56 Å². The summed E-state index contributed by atoms with van der Waals surface area (Å²) >= 11 is 13.5. The summed E-state index contributed by atoms with van der Waals surface area (Å²) in [7, 11) is 3.02. The summed E-state index contributed by atoms with van der Waals surface area (Å²) in [6, 6.07) is 3.27. The molecule has 1 saturated carbocycles. The maximum atomic E-state index is 13.9. The van der Waals surface area contributed by atoms with E-state index in [9.17, 15) is 9.59 Å². The average Bonchev–Trinajstić information content (AvgIpc) is 3.76. The quantitative estimate of drug-likeness (QED) is 0.332. The monoisotopic (exact) mass is 572 g/mol. The number of carbonyl (C=O) groups is 1. The molecule has 0 spiro atoms. The second-order valence-corrected chi connectivity index (χ2v) is 10.7. The third-order valence-electron chi connectivity index (χ3n) is 7.32.